The van der Waals surface area contributed by atoms with Crippen molar-refractivity contribution in [2.45, 2.75) is 150 Å². The molecule has 0 N–H and O–H groups in total. The van der Waals surface area contributed by atoms with Gasteiger partial charge in [0.1, 0.15) is 13.1 Å². The van der Waals surface area contributed by atoms with Crippen LogP contribution in [-0.2, 0) is 78.4 Å². The first-order valence-corrected chi connectivity index (χ1v) is 18.5. The Labute approximate surface area is 284 Å². The van der Waals surface area contributed by atoms with E-state index in [-0.39, 0.29) is 77.7 Å². The maximum Gasteiger partial charge on any atom is 0.570 e. The zero-order valence-corrected chi connectivity index (χ0v) is 31.7. The van der Waals surface area contributed by atoms with Gasteiger partial charge in [0.15, 0.2) is 38.7 Å². The van der Waals surface area contributed by atoms with Gasteiger partial charge in [0.2, 0.25) is 0 Å². The van der Waals surface area contributed by atoms with Gasteiger partial charge in [-0.3, -0.25) is 0 Å². The van der Waals surface area contributed by atoms with Crippen LogP contribution in [0.5, 0.6) is 0 Å². The number of ether oxygens (including phenoxy) is 11. The fourth-order valence-corrected chi connectivity index (χ4v) is 7.21. The lowest BCUT2D eigenvalue weighted by Gasteiger charge is -2.38. The molecule has 5 radical (unpaired) electrons. The second-order valence-corrected chi connectivity index (χ2v) is 14.3. The van der Waals surface area contributed by atoms with Crippen LogP contribution in [0, 0.1) is 0 Å². The Morgan fingerprint density at radius 1 is 0.596 bits per heavy atom. The summed E-state index contributed by atoms with van der Waals surface area (Å²) in [5, 5.41) is 0. The molecule has 20 heteroatoms. The summed E-state index contributed by atoms with van der Waals surface area (Å²) >= 11 is 0. The summed E-state index contributed by atoms with van der Waals surface area (Å²) < 4.78 is 96.0. The molecule has 3 saturated heterocycles. The molecule has 0 saturated carbocycles. The lowest BCUT2D eigenvalue weighted by Crippen LogP contribution is -2.46. The van der Waals surface area contributed by atoms with Gasteiger partial charge in [-0.25, -0.2) is 0 Å². The highest BCUT2D eigenvalue weighted by molar-refractivity contribution is 6.45. The molecule has 0 bridgehead atoms. The van der Waals surface area contributed by atoms with Crippen LogP contribution < -0.4 is 0 Å². The highest BCUT2D eigenvalue weighted by Crippen LogP contribution is 2.27. The van der Waals surface area contributed by atoms with Gasteiger partial charge in [0.25, 0.3) is 13.0 Å². The molecule has 0 spiro atoms. The molecule has 0 amide bonds. The molecule has 0 aromatic heterocycles. The van der Waals surface area contributed by atoms with Gasteiger partial charge in [0.05, 0.1) is 24.4 Å². The minimum absolute atomic E-state index is 0.0212. The second-order valence-electron chi connectivity index (χ2n) is 11.4. The van der Waals surface area contributed by atoms with E-state index in [1.807, 2.05) is 41.5 Å². The van der Waals surface area contributed by atoms with E-state index < -0.39 is 47.1 Å². The third-order valence-corrected chi connectivity index (χ3v) is 9.57. The van der Waals surface area contributed by atoms with Crippen LogP contribution in [0.3, 0.4) is 0 Å². The van der Waals surface area contributed by atoms with E-state index in [1.54, 1.807) is 20.8 Å². The van der Waals surface area contributed by atoms with E-state index in [2.05, 4.69) is 0 Å². The lowest BCUT2D eigenvalue weighted by atomic mass is 10.1. The molecule has 47 heavy (non-hydrogen) atoms. The molecule has 0 aliphatic carbocycles. The summed E-state index contributed by atoms with van der Waals surface area (Å²) in [6, 6.07) is 0. The average molecular weight is 732 g/mol. The fourth-order valence-electron chi connectivity index (χ4n) is 4.81. The van der Waals surface area contributed by atoms with Crippen molar-refractivity contribution < 1.29 is 78.4 Å². The summed E-state index contributed by atoms with van der Waals surface area (Å²) in [5.41, 5.74) is 0. The largest absolute Gasteiger partial charge is 0.570 e. The van der Waals surface area contributed by atoms with Crippen molar-refractivity contribution >= 4 is 29.5 Å². The van der Waals surface area contributed by atoms with Gasteiger partial charge < -0.3 is 78.4 Å². The van der Waals surface area contributed by atoms with Gasteiger partial charge in [-0.2, -0.15) is 0 Å². The zero-order chi connectivity index (χ0) is 34.2. The monoisotopic (exact) mass is 731 g/mol. The first-order chi connectivity index (χ1) is 22.4. The van der Waals surface area contributed by atoms with Crippen LogP contribution in [0.15, 0.2) is 0 Å². The number of hydrogen-bond acceptors (Lipinski definition) is 17. The summed E-state index contributed by atoms with van der Waals surface area (Å²) in [7, 11) is -2.72. The molecule has 3 aliphatic heterocycles. The van der Waals surface area contributed by atoms with E-state index >= 15 is 0 Å². The Morgan fingerprint density at radius 3 is 1.87 bits per heavy atom. The first kappa shape index (κ1) is 41.4. The zero-order valence-electron chi connectivity index (χ0n) is 28.7. The Morgan fingerprint density at radius 2 is 1.17 bits per heavy atom. The highest BCUT2D eigenvalue weighted by atomic mass is 28.4. The van der Waals surface area contributed by atoms with E-state index in [0.717, 1.165) is 12.8 Å². The van der Waals surface area contributed by atoms with Gasteiger partial charge in [-0.05, 0) is 75.2 Å². The molecule has 11 atom stereocenters. The molecule has 0 aromatic carbocycles. The second kappa shape index (κ2) is 22.0. The van der Waals surface area contributed by atoms with Crippen LogP contribution in [0.1, 0.15) is 81.6 Å². The van der Waals surface area contributed by atoms with Crippen LogP contribution in [0.4, 0.5) is 0 Å². The lowest BCUT2D eigenvalue weighted by molar-refractivity contribution is -0.410. The van der Waals surface area contributed by atoms with Gasteiger partial charge >= 0.3 is 29.5 Å². The Hall–Kier alpha value is -0.0294. The minimum atomic E-state index is -2.00. The Bertz CT molecular complexity index is 797. The summed E-state index contributed by atoms with van der Waals surface area (Å²) in [6.07, 6.45) is -0.237. The molecule has 3 aliphatic rings. The molecule has 11 unspecified atom stereocenters. The number of rotatable bonds is 16. The predicted molar refractivity (Wildman–Crippen MR) is 161 cm³/mol. The van der Waals surface area contributed by atoms with Crippen molar-refractivity contribution in [3.63, 3.8) is 0 Å². The van der Waals surface area contributed by atoms with Crippen molar-refractivity contribution in [1.29, 1.82) is 0 Å². The summed E-state index contributed by atoms with van der Waals surface area (Å²) in [5.74, 6) is -1.05. The van der Waals surface area contributed by atoms with Gasteiger partial charge in [-0.15, -0.1) is 0 Å². The molecule has 3 heterocycles. The quantitative estimate of drug-likeness (QED) is 0.130. The van der Waals surface area contributed by atoms with Gasteiger partial charge in [-0.1, -0.05) is 0 Å². The molecular weight excluding hydrogens is 681 g/mol. The Kier molecular flexibility index (Phi) is 19.4. The highest BCUT2D eigenvalue weighted by Gasteiger charge is 2.37. The normalized spacial score (nSPS) is 38.5. The van der Waals surface area contributed by atoms with Crippen molar-refractivity contribution in [3.05, 3.63) is 0 Å². The van der Waals surface area contributed by atoms with Crippen LogP contribution in [-0.4, -0.2) is 125 Å². The first-order valence-electron chi connectivity index (χ1n) is 15.7. The van der Waals surface area contributed by atoms with Crippen molar-refractivity contribution in [1.82, 2.24) is 0 Å². The van der Waals surface area contributed by atoms with Crippen LogP contribution in [0.25, 0.3) is 0 Å². The molecule has 3 fully saturated rings. The van der Waals surface area contributed by atoms with Crippen molar-refractivity contribution in [2.24, 2.45) is 0 Å². The third-order valence-electron chi connectivity index (χ3n) is 6.46. The SMILES string of the molecule is CC1CC(C)OC(OCOCOCOC2OC(C)CC(C)(O[Si]OCO[Si]O[Si]3OC(C)CC(C)OC(C)O3)OC(C)O2)OC(C)O1. The molecule has 0 aromatic rings. The predicted octanol–water partition coefficient (Wildman–Crippen LogP) is 2.63. The average Bonchev–Trinajstić information content (AvgIpc) is 2.93. The van der Waals surface area contributed by atoms with E-state index in [1.165, 1.54) is 0 Å². The Balaban J connectivity index is 1.24. The topological polar surface area (TPSA) is 157 Å². The smallest absolute Gasteiger partial charge is 0.389 e. The molecule has 273 valence electrons. The van der Waals surface area contributed by atoms with E-state index in [0.29, 0.717) is 6.42 Å². The molecule has 17 nitrogen and oxygen atoms in total. The van der Waals surface area contributed by atoms with Crippen molar-refractivity contribution in [2.75, 3.05) is 27.2 Å². The maximum atomic E-state index is 5.99. The van der Waals surface area contributed by atoms with Crippen molar-refractivity contribution in [3.8, 4) is 0 Å². The fraction of sp³-hybridized carbons (Fsp3) is 1.00. The minimum Gasteiger partial charge on any atom is -0.389 e. The number of hydrogen-bond donors (Lipinski definition) is 0. The van der Waals surface area contributed by atoms with Gasteiger partial charge in [0, 0.05) is 12.5 Å². The van der Waals surface area contributed by atoms with Crippen LogP contribution in [0.2, 0.25) is 0 Å². The van der Waals surface area contributed by atoms with E-state index in [9.17, 15) is 0 Å². The molecular formula is C27H51O17Si3. The summed E-state index contributed by atoms with van der Waals surface area (Å²) in [4.78, 5) is 0. The van der Waals surface area contributed by atoms with Crippen LogP contribution >= 0.6 is 0 Å². The molecule has 3 rings (SSSR count). The maximum absolute atomic E-state index is 5.99. The third kappa shape index (κ3) is 17.6. The standard InChI is InChI=1S/C27H51O17Si3/c1-17-10-19(3)36-25(38-22(6)34-17)30-14-28-13-29-15-31-26-37-21(5)12-27(9,40-23(7)39-26)43-45-32-16-33-46-44-47-41-20(4)11-18(2)35-24(8)42-47/h17-26H,10-16H2,1-9H3. The van der Waals surface area contributed by atoms with E-state index in [4.69, 9.17) is 78.4 Å². The summed E-state index contributed by atoms with van der Waals surface area (Å²) in [6.45, 7) is 14.3.